The van der Waals surface area contributed by atoms with Crippen molar-refractivity contribution in [3.8, 4) is 17.0 Å². The Morgan fingerprint density at radius 1 is 1.25 bits per heavy atom. The van der Waals surface area contributed by atoms with Crippen molar-refractivity contribution in [1.82, 2.24) is 19.7 Å². The molecular weight excluding hydrogens is 324 g/mol. The second kappa shape index (κ2) is 6.24. The van der Waals surface area contributed by atoms with E-state index in [4.69, 9.17) is 16.3 Å². The van der Waals surface area contributed by atoms with Gasteiger partial charge in [-0.2, -0.15) is 5.10 Å². The van der Waals surface area contributed by atoms with Crippen LogP contribution in [-0.4, -0.2) is 26.9 Å². The number of benzene rings is 1. The highest BCUT2D eigenvalue weighted by Crippen LogP contribution is 2.37. The van der Waals surface area contributed by atoms with Crippen LogP contribution in [0.1, 0.15) is 30.1 Å². The van der Waals surface area contributed by atoms with Crippen LogP contribution in [0.25, 0.3) is 11.1 Å². The number of rotatable bonds is 5. The van der Waals surface area contributed by atoms with E-state index < -0.39 is 0 Å². The number of hydrogen-bond acceptors (Lipinski definition) is 4. The van der Waals surface area contributed by atoms with E-state index in [0.29, 0.717) is 23.4 Å². The lowest BCUT2D eigenvalue weighted by atomic mass is 10.1. The average molecular weight is 341 g/mol. The molecule has 0 spiro atoms. The quantitative estimate of drug-likeness (QED) is 0.706. The molecule has 0 atom stereocenters. The molecule has 0 saturated heterocycles. The Kier molecular flexibility index (Phi) is 3.94. The Labute approximate surface area is 145 Å². The first-order chi connectivity index (χ1) is 11.7. The summed E-state index contributed by atoms with van der Waals surface area (Å²) in [4.78, 5) is 8.82. The summed E-state index contributed by atoms with van der Waals surface area (Å²) in [5.74, 6) is 2.09. The van der Waals surface area contributed by atoms with Crippen LogP contribution in [0.4, 0.5) is 0 Å². The van der Waals surface area contributed by atoms with Gasteiger partial charge in [-0.25, -0.2) is 14.6 Å². The Morgan fingerprint density at radius 3 is 2.88 bits per heavy atom. The number of aromatic nitrogens is 4. The van der Waals surface area contributed by atoms with Crippen LogP contribution in [0.5, 0.6) is 5.88 Å². The fraction of sp³-hybridized carbons (Fsp3) is 0.278. The fourth-order valence-corrected chi connectivity index (χ4v) is 2.90. The Morgan fingerprint density at radius 2 is 2.12 bits per heavy atom. The van der Waals surface area contributed by atoms with Gasteiger partial charge in [0.2, 0.25) is 5.88 Å². The maximum Gasteiger partial charge on any atom is 0.221 e. The summed E-state index contributed by atoms with van der Waals surface area (Å²) in [7, 11) is 1.62. The van der Waals surface area contributed by atoms with Gasteiger partial charge in [0.1, 0.15) is 6.33 Å². The van der Waals surface area contributed by atoms with Crippen molar-refractivity contribution in [2.24, 2.45) is 0 Å². The summed E-state index contributed by atoms with van der Waals surface area (Å²) in [5, 5.41) is 5.24. The average Bonchev–Trinajstić information content (AvgIpc) is 3.35. The first kappa shape index (κ1) is 15.1. The van der Waals surface area contributed by atoms with Gasteiger partial charge in [-0.1, -0.05) is 23.7 Å². The van der Waals surface area contributed by atoms with Crippen molar-refractivity contribution in [3.05, 3.63) is 59.3 Å². The number of pyridine rings is 1. The monoisotopic (exact) mass is 340 g/mol. The molecule has 5 nitrogen and oxygen atoms in total. The fourth-order valence-electron chi connectivity index (χ4n) is 2.71. The minimum Gasteiger partial charge on any atom is -0.481 e. The molecule has 0 unspecified atom stereocenters. The Balaban J connectivity index is 1.65. The van der Waals surface area contributed by atoms with Crippen molar-refractivity contribution >= 4 is 11.6 Å². The number of ether oxygens (including phenoxy) is 1. The van der Waals surface area contributed by atoms with Crippen molar-refractivity contribution < 1.29 is 4.74 Å². The summed E-state index contributed by atoms with van der Waals surface area (Å²) < 4.78 is 7.26. The molecule has 24 heavy (non-hydrogen) atoms. The molecule has 1 aliphatic carbocycles. The molecule has 1 aliphatic rings. The molecule has 0 bridgehead atoms. The Hall–Kier alpha value is -2.40. The minimum absolute atomic E-state index is 0.558. The van der Waals surface area contributed by atoms with Gasteiger partial charge in [-0.15, -0.1) is 0 Å². The van der Waals surface area contributed by atoms with Crippen molar-refractivity contribution in [1.29, 1.82) is 0 Å². The van der Waals surface area contributed by atoms with Crippen LogP contribution in [0, 0.1) is 0 Å². The summed E-state index contributed by atoms with van der Waals surface area (Å²) in [6.07, 6.45) is 6.00. The summed E-state index contributed by atoms with van der Waals surface area (Å²) >= 11 is 6.11. The second-order valence-electron chi connectivity index (χ2n) is 5.99. The molecule has 0 aliphatic heterocycles. The van der Waals surface area contributed by atoms with E-state index in [0.717, 1.165) is 22.5 Å². The van der Waals surface area contributed by atoms with E-state index in [1.54, 1.807) is 13.4 Å². The van der Waals surface area contributed by atoms with Crippen molar-refractivity contribution in [2.45, 2.75) is 25.3 Å². The van der Waals surface area contributed by atoms with Gasteiger partial charge in [0.15, 0.2) is 5.82 Å². The first-order valence-corrected chi connectivity index (χ1v) is 8.29. The predicted molar refractivity (Wildman–Crippen MR) is 92.3 cm³/mol. The standard InChI is InChI=1S/C18H17ClN4O/c1-24-18-16(14-3-2-4-15(19)8-14)7-12(9-20-18)10-23-11-21-17(22-23)13-5-6-13/h2-4,7-9,11,13H,5-6,10H2,1H3. The highest BCUT2D eigenvalue weighted by molar-refractivity contribution is 6.30. The molecule has 0 amide bonds. The van der Waals surface area contributed by atoms with Crippen LogP contribution in [0.15, 0.2) is 42.9 Å². The van der Waals surface area contributed by atoms with Gasteiger partial charge in [-0.3, -0.25) is 0 Å². The highest BCUT2D eigenvalue weighted by atomic mass is 35.5. The topological polar surface area (TPSA) is 52.8 Å². The van der Waals surface area contributed by atoms with Crippen molar-refractivity contribution in [2.75, 3.05) is 7.11 Å². The zero-order chi connectivity index (χ0) is 16.5. The van der Waals surface area contributed by atoms with E-state index in [-0.39, 0.29) is 0 Å². The Bertz CT molecular complexity index is 873. The van der Waals surface area contributed by atoms with Gasteiger partial charge in [0.25, 0.3) is 0 Å². The molecule has 0 radical (unpaired) electrons. The third-order valence-corrected chi connectivity index (χ3v) is 4.31. The molecule has 2 heterocycles. The van der Waals surface area contributed by atoms with Crippen LogP contribution in [0.2, 0.25) is 5.02 Å². The van der Waals surface area contributed by atoms with E-state index in [9.17, 15) is 0 Å². The first-order valence-electron chi connectivity index (χ1n) is 7.91. The summed E-state index contributed by atoms with van der Waals surface area (Å²) in [5.41, 5.74) is 2.93. The van der Waals surface area contributed by atoms with Crippen LogP contribution >= 0.6 is 11.6 Å². The van der Waals surface area contributed by atoms with E-state index in [2.05, 4.69) is 21.1 Å². The van der Waals surface area contributed by atoms with Crippen LogP contribution < -0.4 is 4.74 Å². The lowest BCUT2D eigenvalue weighted by molar-refractivity contribution is 0.399. The molecule has 122 valence electrons. The number of nitrogens with zero attached hydrogens (tertiary/aromatic N) is 4. The SMILES string of the molecule is COc1ncc(Cn2cnc(C3CC3)n2)cc1-c1cccc(Cl)c1. The minimum atomic E-state index is 0.558. The van der Waals surface area contributed by atoms with Crippen LogP contribution in [0.3, 0.4) is 0 Å². The van der Waals surface area contributed by atoms with Gasteiger partial charge >= 0.3 is 0 Å². The van der Waals surface area contributed by atoms with E-state index in [1.807, 2.05) is 35.1 Å². The number of hydrogen-bond donors (Lipinski definition) is 0. The van der Waals surface area contributed by atoms with Gasteiger partial charge < -0.3 is 4.74 Å². The lowest BCUT2D eigenvalue weighted by Crippen LogP contribution is -2.03. The summed E-state index contributed by atoms with van der Waals surface area (Å²) in [6.45, 7) is 0.629. The molecule has 1 saturated carbocycles. The lowest BCUT2D eigenvalue weighted by Gasteiger charge is -2.10. The maximum atomic E-state index is 6.11. The normalized spacial score (nSPS) is 13.9. The molecule has 1 fully saturated rings. The van der Waals surface area contributed by atoms with Gasteiger partial charge in [-0.05, 0) is 42.2 Å². The molecule has 3 aromatic rings. The maximum absolute atomic E-state index is 6.11. The third kappa shape index (κ3) is 3.12. The molecule has 1 aromatic carbocycles. The zero-order valence-corrected chi connectivity index (χ0v) is 14.1. The smallest absolute Gasteiger partial charge is 0.221 e. The van der Waals surface area contributed by atoms with Gasteiger partial charge in [0, 0.05) is 22.7 Å². The molecule has 2 aromatic heterocycles. The zero-order valence-electron chi connectivity index (χ0n) is 13.3. The number of halogens is 1. The molecule has 6 heteroatoms. The third-order valence-electron chi connectivity index (χ3n) is 4.08. The van der Waals surface area contributed by atoms with Gasteiger partial charge in [0.05, 0.1) is 13.7 Å². The second-order valence-corrected chi connectivity index (χ2v) is 6.42. The van der Waals surface area contributed by atoms with Crippen LogP contribution in [-0.2, 0) is 6.54 Å². The number of methoxy groups -OCH3 is 1. The predicted octanol–water partition coefficient (Wildman–Crippen LogP) is 3.93. The summed E-state index contributed by atoms with van der Waals surface area (Å²) in [6, 6.07) is 9.74. The molecule has 4 rings (SSSR count). The molecular formula is C18H17ClN4O. The van der Waals surface area contributed by atoms with E-state index in [1.165, 1.54) is 12.8 Å². The highest BCUT2D eigenvalue weighted by Gasteiger charge is 2.27. The van der Waals surface area contributed by atoms with E-state index >= 15 is 0 Å². The molecule has 0 N–H and O–H groups in total. The largest absolute Gasteiger partial charge is 0.481 e. The van der Waals surface area contributed by atoms with Crippen molar-refractivity contribution in [3.63, 3.8) is 0 Å².